The smallest absolute Gasteiger partial charge is 0.0540 e. The van der Waals surface area contributed by atoms with Crippen LogP contribution in [-0.4, -0.2) is 7.05 Å². The lowest BCUT2D eigenvalue weighted by Crippen LogP contribution is -1.87. The van der Waals surface area contributed by atoms with E-state index in [1.165, 1.54) is 0 Å². The van der Waals surface area contributed by atoms with Crippen molar-refractivity contribution >= 4 is 52.3 Å². The van der Waals surface area contributed by atoms with Gasteiger partial charge < -0.3 is 5.32 Å². The van der Waals surface area contributed by atoms with Gasteiger partial charge in [-0.25, -0.2) is 0 Å². The molecule has 1 N–H and O–H groups in total. The van der Waals surface area contributed by atoms with Crippen molar-refractivity contribution in [2.24, 2.45) is 0 Å². The van der Waals surface area contributed by atoms with E-state index in [4.69, 9.17) is 11.6 Å². The van der Waals surface area contributed by atoms with Crippen LogP contribution in [0.1, 0.15) is 0 Å². The van der Waals surface area contributed by atoms with Gasteiger partial charge in [0.2, 0.25) is 0 Å². The molecule has 0 amide bonds. The minimum atomic E-state index is 0. The largest absolute Gasteiger partial charge is 0.388 e. The molecular weight excluding hydrogens is 296 g/mol. The molecule has 0 unspecified atom stereocenters. The first kappa shape index (κ1) is 11.3. The highest BCUT2D eigenvalue weighted by Gasteiger charge is 1.95. The van der Waals surface area contributed by atoms with Gasteiger partial charge in [0, 0.05) is 16.3 Å². The molecule has 0 heterocycles. The van der Waals surface area contributed by atoms with Crippen molar-refractivity contribution in [3.05, 3.63) is 26.8 Å². The standard InChI is InChI=1S/C7H7ClIN.ClH/c1-10-5-2-3-6(8)7(9)4-5;/h2-4,10H,1H3;1H. The van der Waals surface area contributed by atoms with Gasteiger partial charge in [0.05, 0.1) is 5.02 Å². The molecule has 62 valence electrons. The van der Waals surface area contributed by atoms with Gasteiger partial charge in [-0.05, 0) is 40.8 Å². The predicted octanol–water partition coefficient (Wildman–Crippen LogP) is 3.41. The molecule has 0 atom stereocenters. The lowest BCUT2D eigenvalue weighted by atomic mass is 10.3. The summed E-state index contributed by atoms with van der Waals surface area (Å²) in [4.78, 5) is 0. The van der Waals surface area contributed by atoms with Gasteiger partial charge in [-0.3, -0.25) is 0 Å². The molecule has 11 heavy (non-hydrogen) atoms. The Labute approximate surface area is 91.1 Å². The maximum atomic E-state index is 5.80. The fourth-order valence-electron chi connectivity index (χ4n) is 0.652. The third-order valence-electron chi connectivity index (χ3n) is 1.21. The fraction of sp³-hybridized carbons (Fsp3) is 0.143. The van der Waals surface area contributed by atoms with Crippen LogP contribution in [0.15, 0.2) is 18.2 Å². The molecule has 0 bridgehead atoms. The molecule has 4 heteroatoms. The molecule has 0 aromatic heterocycles. The van der Waals surface area contributed by atoms with E-state index in [0.717, 1.165) is 14.3 Å². The number of rotatable bonds is 1. The number of hydrogen-bond acceptors (Lipinski definition) is 1. The summed E-state index contributed by atoms with van der Waals surface area (Å²) in [7, 11) is 1.89. The normalized spacial score (nSPS) is 8.64. The molecule has 1 aromatic rings. The van der Waals surface area contributed by atoms with Crippen molar-refractivity contribution in [1.82, 2.24) is 0 Å². The lowest BCUT2D eigenvalue weighted by molar-refractivity contribution is 1.50. The first-order valence-corrected chi connectivity index (χ1v) is 4.32. The summed E-state index contributed by atoms with van der Waals surface area (Å²) in [6.07, 6.45) is 0. The van der Waals surface area contributed by atoms with E-state index >= 15 is 0 Å². The minimum Gasteiger partial charge on any atom is -0.388 e. The highest BCUT2D eigenvalue weighted by Crippen LogP contribution is 2.21. The molecule has 1 nitrogen and oxygen atoms in total. The van der Waals surface area contributed by atoms with E-state index in [-0.39, 0.29) is 12.4 Å². The summed E-state index contributed by atoms with van der Waals surface area (Å²) in [6.45, 7) is 0. The molecule has 0 saturated heterocycles. The minimum absolute atomic E-state index is 0. The van der Waals surface area contributed by atoms with Crippen LogP contribution in [0.4, 0.5) is 5.69 Å². The summed E-state index contributed by atoms with van der Waals surface area (Å²) in [6, 6.07) is 5.84. The van der Waals surface area contributed by atoms with E-state index in [0.29, 0.717) is 0 Å². The Morgan fingerprint density at radius 1 is 1.45 bits per heavy atom. The van der Waals surface area contributed by atoms with Crippen LogP contribution in [0.2, 0.25) is 5.02 Å². The van der Waals surface area contributed by atoms with E-state index < -0.39 is 0 Å². The Morgan fingerprint density at radius 3 is 2.55 bits per heavy atom. The maximum Gasteiger partial charge on any atom is 0.0540 e. The Bertz CT molecular complexity index is 240. The third-order valence-corrected chi connectivity index (χ3v) is 2.75. The van der Waals surface area contributed by atoms with Crippen LogP contribution in [0.3, 0.4) is 0 Å². The molecule has 0 aliphatic heterocycles. The van der Waals surface area contributed by atoms with Gasteiger partial charge in [-0.15, -0.1) is 12.4 Å². The second kappa shape index (κ2) is 5.06. The number of hydrogen-bond donors (Lipinski definition) is 1. The van der Waals surface area contributed by atoms with Crippen molar-refractivity contribution in [2.75, 3.05) is 12.4 Å². The predicted molar refractivity (Wildman–Crippen MR) is 61.0 cm³/mol. The van der Waals surface area contributed by atoms with Gasteiger partial charge in [0.1, 0.15) is 0 Å². The van der Waals surface area contributed by atoms with Gasteiger partial charge in [-0.2, -0.15) is 0 Å². The quantitative estimate of drug-likeness (QED) is 0.784. The van der Waals surface area contributed by atoms with Crippen LogP contribution < -0.4 is 5.32 Å². The molecule has 0 saturated carbocycles. The summed E-state index contributed by atoms with van der Waals surface area (Å²) in [5.74, 6) is 0. The van der Waals surface area contributed by atoms with Crippen LogP contribution in [0.5, 0.6) is 0 Å². The second-order valence-corrected chi connectivity index (χ2v) is 3.45. The number of nitrogens with one attached hydrogen (secondary N) is 1. The van der Waals surface area contributed by atoms with Gasteiger partial charge in [0.25, 0.3) is 0 Å². The van der Waals surface area contributed by atoms with Crippen LogP contribution in [0, 0.1) is 3.57 Å². The lowest BCUT2D eigenvalue weighted by Gasteiger charge is -2.00. The fourth-order valence-corrected chi connectivity index (χ4v) is 1.28. The molecule has 0 radical (unpaired) electrons. The number of halogens is 3. The van der Waals surface area contributed by atoms with E-state index in [1.807, 2.05) is 25.2 Å². The van der Waals surface area contributed by atoms with E-state index in [9.17, 15) is 0 Å². The zero-order valence-electron chi connectivity index (χ0n) is 5.90. The molecule has 0 spiro atoms. The summed E-state index contributed by atoms with van der Waals surface area (Å²) >= 11 is 8.00. The Balaban J connectivity index is 0.000001000. The summed E-state index contributed by atoms with van der Waals surface area (Å²) in [5.41, 5.74) is 1.09. The average molecular weight is 304 g/mol. The molecule has 1 aromatic carbocycles. The Hall–Kier alpha value is 0.330. The summed E-state index contributed by atoms with van der Waals surface area (Å²) < 4.78 is 1.08. The zero-order valence-corrected chi connectivity index (χ0v) is 9.63. The van der Waals surface area contributed by atoms with Crippen LogP contribution >= 0.6 is 46.6 Å². The number of benzene rings is 1. The van der Waals surface area contributed by atoms with Gasteiger partial charge >= 0.3 is 0 Å². The zero-order chi connectivity index (χ0) is 7.56. The van der Waals surface area contributed by atoms with Gasteiger partial charge in [0.15, 0.2) is 0 Å². The van der Waals surface area contributed by atoms with Crippen molar-refractivity contribution in [3.8, 4) is 0 Å². The third kappa shape index (κ3) is 3.05. The van der Waals surface area contributed by atoms with E-state index in [1.54, 1.807) is 0 Å². The van der Waals surface area contributed by atoms with Crippen molar-refractivity contribution in [2.45, 2.75) is 0 Å². The molecule has 0 aliphatic rings. The van der Waals surface area contributed by atoms with Crippen LogP contribution in [-0.2, 0) is 0 Å². The SMILES string of the molecule is CNc1ccc(Cl)c(I)c1.Cl. The number of anilines is 1. The summed E-state index contributed by atoms with van der Waals surface area (Å²) in [5, 5.41) is 3.84. The molecule has 1 rings (SSSR count). The van der Waals surface area contributed by atoms with Crippen molar-refractivity contribution < 1.29 is 0 Å². The monoisotopic (exact) mass is 303 g/mol. The van der Waals surface area contributed by atoms with Crippen molar-refractivity contribution in [3.63, 3.8) is 0 Å². The first-order chi connectivity index (χ1) is 4.74. The Kier molecular flexibility index (Phi) is 5.21. The Morgan fingerprint density at radius 2 is 2.09 bits per heavy atom. The van der Waals surface area contributed by atoms with Crippen molar-refractivity contribution in [1.29, 1.82) is 0 Å². The second-order valence-electron chi connectivity index (χ2n) is 1.88. The van der Waals surface area contributed by atoms with E-state index in [2.05, 4.69) is 27.9 Å². The van der Waals surface area contributed by atoms with Crippen LogP contribution in [0.25, 0.3) is 0 Å². The van der Waals surface area contributed by atoms with Gasteiger partial charge in [-0.1, -0.05) is 11.6 Å². The molecule has 0 fully saturated rings. The topological polar surface area (TPSA) is 12.0 Å². The highest BCUT2D eigenvalue weighted by molar-refractivity contribution is 14.1. The average Bonchev–Trinajstić information content (AvgIpc) is 1.95. The molecular formula is C7H8Cl2IN. The maximum absolute atomic E-state index is 5.80. The highest BCUT2D eigenvalue weighted by atomic mass is 127. The first-order valence-electron chi connectivity index (χ1n) is 2.87. The molecule has 0 aliphatic carbocycles.